The highest BCUT2D eigenvalue weighted by Gasteiger charge is 2.21. The third kappa shape index (κ3) is 4.30. The second kappa shape index (κ2) is 8.82. The summed E-state index contributed by atoms with van der Waals surface area (Å²) >= 11 is 0. The number of carbonyl (C=O) groups is 1. The minimum Gasteiger partial charge on any atom is -0.320 e. The fourth-order valence-electron chi connectivity index (χ4n) is 3.74. The zero-order valence-electron chi connectivity index (χ0n) is 18.7. The maximum atomic E-state index is 13.4. The number of nitrogens with zero attached hydrogens (tertiary/aromatic N) is 2. The molecule has 1 amide bonds. The number of rotatable bonds is 6. The van der Waals surface area contributed by atoms with E-state index in [-0.39, 0.29) is 34.9 Å². The van der Waals surface area contributed by atoms with Gasteiger partial charge in [-0.25, -0.2) is 4.68 Å². The summed E-state index contributed by atoms with van der Waals surface area (Å²) in [7, 11) is 0. The van der Waals surface area contributed by atoms with Crippen LogP contribution in [0.2, 0.25) is 0 Å². The molecule has 2 aromatic carbocycles. The largest absolute Gasteiger partial charge is 0.320 e. The van der Waals surface area contributed by atoms with Gasteiger partial charge in [0.1, 0.15) is 0 Å². The van der Waals surface area contributed by atoms with Gasteiger partial charge in [0.05, 0.1) is 5.39 Å². The number of carbonyl (C=O) groups excluding carboxylic acids is 1. The van der Waals surface area contributed by atoms with Gasteiger partial charge in [-0.15, -0.1) is 0 Å². The Labute approximate surface area is 178 Å². The van der Waals surface area contributed by atoms with Gasteiger partial charge in [0.2, 0.25) is 0 Å². The Morgan fingerprint density at radius 1 is 0.900 bits per heavy atom. The van der Waals surface area contributed by atoms with Crippen molar-refractivity contribution in [1.29, 1.82) is 0 Å². The van der Waals surface area contributed by atoms with Gasteiger partial charge < -0.3 is 5.32 Å². The molecule has 0 aliphatic carbocycles. The van der Waals surface area contributed by atoms with Gasteiger partial charge in [-0.2, -0.15) is 5.10 Å². The number of benzene rings is 2. The summed E-state index contributed by atoms with van der Waals surface area (Å²) in [6.07, 6.45) is 0. The van der Waals surface area contributed by atoms with Crippen LogP contribution in [0.3, 0.4) is 0 Å². The van der Waals surface area contributed by atoms with Gasteiger partial charge in [0, 0.05) is 17.6 Å². The average molecular weight is 406 g/mol. The highest BCUT2D eigenvalue weighted by Crippen LogP contribution is 2.33. The molecular weight excluding hydrogens is 374 g/mol. The van der Waals surface area contributed by atoms with Crippen LogP contribution in [0, 0.1) is 5.92 Å². The lowest BCUT2D eigenvalue weighted by Crippen LogP contribution is -2.29. The number of amides is 1. The summed E-state index contributed by atoms with van der Waals surface area (Å²) in [4.78, 5) is 26.3. The molecule has 3 aromatic rings. The molecule has 158 valence electrons. The molecule has 3 rings (SSSR count). The van der Waals surface area contributed by atoms with E-state index in [0.717, 1.165) is 16.8 Å². The average Bonchev–Trinajstić information content (AvgIpc) is 2.69. The Bertz CT molecular complexity index is 1100. The second-order valence-corrected chi connectivity index (χ2v) is 8.85. The summed E-state index contributed by atoms with van der Waals surface area (Å²) in [6, 6.07) is 13.3. The quantitative estimate of drug-likeness (QED) is 0.585. The third-order valence-corrected chi connectivity index (χ3v) is 5.23. The topological polar surface area (TPSA) is 64.0 Å². The number of aromatic nitrogens is 2. The predicted molar refractivity (Wildman–Crippen MR) is 123 cm³/mol. The first kappa shape index (κ1) is 21.8. The molecule has 30 heavy (non-hydrogen) atoms. The molecule has 1 aromatic heterocycles. The molecule has 0 saturated carbocycles. The molecule has 1 heterocycles. The summed E-state index contributed by atoms with van der Waals surface area (Å²) in [5.74, 6) is 0.470. The Morgan fingerprint density at radius 2 is 1.47 bits per heavy atom. The fourth-order valence-corrected chi connectivity index (χ4v) is 3.74. The van der Waals surface area contributed by atoms with Crippen molar-refractivity contribution < 1.29 is 4.79 Å². The van der Waals surface area contributed by atoms with Crippen LogP contribution in [0.5, 0.6) is 0 Å². The Hall–Kier alpha value is -2.95. The minimum atomic E-state index is -0.293. The molecule has 0 unspecified atom stereocenters. The van der Waals surface area contributed by atoms with Gasteiger partial charge in [0.25, 0.3) is 11.5 Å². The molecule has 0 radical (unpaired) electrons. The van der Waals surface area contributed by atoms with Crippen molar-refractivity contribution in [3.05, 3.63) is 69.6 Å². The lowest BCUT2D eigenvalue weighted by Gasteiger charge is -2.20. The van der Waals surface area contributed by atoms with Gasteiger partial charge in [-0.1, -0.05) is 77.9 Å². The molecular formula is C25H31N3O2. The van der Waals surface area contributed by atoms with E-state index in [4.69, 9.17) is 0 Å². The van der Waals surface area contributed by atoms with Crippen molar-refractivity contribution in [3.8, 4) is 0 Å². The van der Waals surface area contributed by atoms with E-state index in [2.05, 4.69) is 50.2 Å². The molecule has 0 atom stereocenters. The first-order valence-electron chi connectivity index (χ1n) is 10.6. The third-order valence-electron chi connectivity index (χ3n) is 5.23. The zero-order valence-corrected chi connectivity index (χ0v) is 18.7. The number of anilines is 1. The fraction of sp³-hybridized carbons (Fsp3) is 0.400. The SMILES string of the molecule is CC(C)Cn1nc(C(=O)Nc2c(C(C)C)cccc2C(C)C)c2ccccc2c1=O. The van der Waals surface area contributed by atoms with Crippen molar-refractivity contribution in [3.63, 3.8) is 0 Å². The molecule has 0 aliphatic heterocycles. The second-order valence-electron chi connectivity index (χ2n) is 8.85. The number of para-hydroxylation sites is 1. The van der Waals surface area contributed by atoms with Crippen molar-refractivity contribution in [2.45, 2.75) is 59.9 Å². The van der Waals surface area contributed by atoms with Crippen molar-refractivity contribution in [2.75, 3.05) is 5.32 Å². The Balaban J connectivity index is 2.15. The van der Waals surface area contributed by atoms with E-state index in [1.165, 1.54) is 4.68 Å². The van der Waals surface area contributed by atoms with E-state index in [1.807, 2.05) is 32.0 Å². The van der Waals surface area contributed by atoms with Gasteiger partial charge in [-0.3, -0.25) is 9.59 Å². The van der Waals surface area contributed by atoms with Crippen LogP contribution in [-0.4, -0.2) is 15.7 Å². The van der Waals surface area contributed by atoms with Crippen molar-refractivity contribution >= 4 is 22.4 Å². The molecule has 0 saturated heterocycles. The van der Waals surface area contributed by atoms with Crippen LogP contribution in [0.4, 0.5) is 5.69 Å². The van der Waals surface area contributed by atoms with Gasteiger partial charge >= 0.3 is 0 Å². The summed E-state index contributed by atoms with van der Waals surface area (Å²) in [5, 5.41) is 8.70. The van der Waals surface area contributed by atoms with Crippen LogP contribution in [0.25, 0.3) is 10.8 Å². The standard InChI is InChI=1S/C25H31N3O2/c1-15(2)14-28-25(30)21-11-8-7-10-20(21)23(27-28)24(29)26-22-18(16(3)4)12-9-13-19(22)17(5)6/h7-13,15-17H,14H2,1-6H3,(H,26,29). The maximum Gasteiger partial charge on any atom is 0.276 e. The number of hydrogen-bond acceptors (Lipinski definition) is 3. The number of fused-ring (bicyclic) bond motifs is 1. The molecule has 0 bridgehead atoms. The van der Waals surface area contributed by atoms with E-state index < -0.39 is 0 Å². The predicted octanol–water partition coefficient (Wildman–Crippen LogP) is 5.55. The van der Waals surface area contributed by atoms with Crippen molar-refractivity contribution in [2.24, 2.45) is 5.92 Å². The monoisotopic (exact) mass is 405 g/mol. The highest BCUT2D eigenvalue weighted by molar-refractivity contribution is 6.11. The lowest BCUT2D eigenvalue weighted by atomic mass is 9.92. The molecule has 1 N–H and O–H groups in total. The van der Waals surface area contributed by atoms with Gasteiger partial charge in [-0.05, 0) is 34.9 Å². The molecule has 0 fully saturated rings. The normalized spacial score (nSPS) is 11.6. The van der Waals surface area contributed by atoms with Crippen LogP contribution in [0.1, 0.15) is 75.0 Å². The van der Waals surface area contributed by atoms with E-state index in [1.54, 1.807) is 12.1 Å². The van der Waals surface area contributed by atoms with Crippen LogP contribution < -0.4 is 10.9 Å². The van der Waals surface area contributed by atoms with E-state index in [0.29, 0.717) is 17.3 Å². The first-order chi connectivity index (χ1) is 14.2. The molecule has 0 aliphatic rings. The summed E-state index contributed by atoms with van der Waals surface area (Å²) in [5.41, 5.74) is 3.14. The van der Waals surface area contributed by atoms with Crippen LogP contribution >= 0.6 is 0 Å². The zero-order chi connectivity index (χ0) is 22.0. The van der Waals surface area contributed by atoms with Crippen LogP contribution in [0.15, 0.2) is 47.3 Å². The smallest absolute Gasteiger partial charge is 0.276 e. The summed E-state index contributed by atoms with van der Waals surface area (Å²) < 4.78 is 1.42. The first-order valence-corrected chi connectivity index (χ1v) is 10.6. The Morgan fingerprint density at radius 3 is 2.00 bits per heavy atom. The maximum absolute atomic E-state index is 13.4. The Kier molecular flexibility index (Phi) is 6.40. The van der Waals surface area contributed by atoms with Crippen molar-refractivity contribution in [1.82, 2.24) is 9.78 Å². The molecule has 5 nitrogen and oxygen atoms in total. The number of hydrogen-bond donors (Lipinski definition) is 1. The van der Waals surface area contributed by atoms with E-state index >= 15 is 0 Å². The van der Waals surface area contributed by atoms with Gasteiger partial charge in [0.15, 0.2) is 5.69 Å². The highest BCUT2D eigenvalue weighted by atomic mass is 16.2. The lowest BCUT2D eigenvalue weighted by molar-refractivity contribution is 0.102. The molecule has 0 spiro atoms. The molecule has 5 heteroatoms. The number of nitrogens with one attached hydrogen (secondary N) is 1. The minimum absolute atomic E-state index is 0.165. The summed E-state index contributed by atoms with van der Waals surface area (Å²) in [6.45, 7) is 13.0. The van der Waals surface area contributed by atoms with Crippen LogP contribution in [-0.2, 0) is 6.54 Å². The van der Waals surface area contributed by atoms with E-state index in [9.17, 15) is 9.59 Å².